The van der Waals surface area contributed by atoms with Gasteiger partial charge in [0.1, 0.15) is 6.54 Å². The van der Waals surface area contributed by atoms with Crippen LogP contribution in [-0.2, 0) is 19.4 Å². The third-order valence-corrected chi connectivity index (χ3v) is 5.83. The van der Waals surface area contributed by atoms with Gasteiger partial charge in [-0.3, -0.25) is 9.59 Å². The van der Waals surface area contributed by atoms with E-state index in [-0.39, 0.29) is 17.3 Å². The number of nitrogens with one attached hydrogen (secondary N) is 1. The summed E-state index contributed by atoms with van der Waals surface area (Å²) < 4.78 is 24.0. The Hall–Kier alpha value is -2.78. The van der Waals surface area contributed by atoms with Crippen molar-refractivity contribution >= 4 is 54.0 Å². The normalized spacial score (nSPS) is 11.3. The molecule has 0 radical (unpaired) electrons. The van der Waals surface area contributed by atoms with E-state index >= 15 is 0 Å². The first-order valence-electron chi connectivity index (χ1n) is 7.98. The number of carbonyl (C=O) groups is 2. The van der Waals surface area contributed by atoms with Gasteiger partial charge in [0.25, 0.3) is 0 Å². The SMILES string of the molecule is CC(=O)N(CC(=O)Nc1nc2ccc(S(C)(=O)=O)cc2s1)c1ccccc1. The molecule has 7 nitrogen and oxygen atoms in total. The Balaban J connectivity index is 1.78. The highest BCUT2D eigenvalue weighted by Crippen LogP contribution is 2.28. The lowest BCUT2D eigenvalue weighted by molar-refractivity contribution is -0.120. The molecule has 0 bridgehead atoms. The zero-order valence-corrected chi connectivity index (χ0v) is 16.3. The number of anilines is 2. The largest absolute Gasteiger partial charge is 0.303 e. The first kappa shape index (κ1) is 19.0. The van der Waals surface area contributed by atoms with Gasteiger partial charge in [-0.1, -0.05) is 29.5 Å². The van der Waals surface area contributed by atoms with Crippen LogP contribution in [0.1, 0.15) is 6.92 Å². The number of nitrogens with zero attached hydrogens (tertiary/aromatic N) is 2. The number of aromatic nitrogens is 1. The van der Waals surface area contributed by atoms with Gasteiger partial charge in [0.2, 0.25) is 11.8 Å². The number of thiazole rings is 1. The number of fused-ring (bicyclic) bond motifs is 1. The molecule has 3 aromatic rings. The van der Waals surface area contributed by atoms with E-state index in [2.05, 4.69) is 10.3 Å². The molecule has 0 aliphatic rings. The van der Waals surface area contributed by atoms with Gasteiger partial charge in [0.15, 0.2) is 15.0 Å². The predicted molar refractivity (Wildman–Crippen MR) is 106 cm³/mol. The molecular weight excluding hydrogens is 386 g/mol. The summed E-state index contributed by atoms with van der Waals surface area (Å²) in [6.07, 6.45) is 1.14. The van der Waals surface area contributed by atoms with Crippen LogP contribution < -0.4 is 10.2 Å². The van der Waals surface area contributed by atoms with Gasteiger partial charge in [-0.2, -0.15) is 0 Å². The number of carbonyl (C=O) groups excluding carboxylic acids is 2. The lowest BCUT2D eigenvalue weighted by Crippen LogP contribution is -2.36. The molecule has 0 saturated carbocycles. The Morgan fingerprint density at radius 3 is 2.48 bits per heavy atom. The lowest BCUT2D eigenvalue weighted by atomic mass is 10.3. The second kappa shape index (κ2) is 7.45. The van der Waals surface area contributed by atoms with E-state index < -0.39 is 15.7 Å². The van der Waals surface area contributed by atoms with E-state index in [4.69, 9.17) is 0 Å². The van der Waals surface area contributed by atoms with E-state index in [1.807, 2.05) is 6.07 Å². The van der Waals surface area contributed by atoms with Crippen molar-refractivity contribution in [3.63, 3.8) is 0 Å². The summed E-state index contributed by atoms with van der Waals surface area (Å²) >= 11 is 1.18. The molecule has 0 spiro atoms. The number of hydrogen-bond donors (Lipinski definition) is 1. The number of hydrogen-bond acceptors (Lipinski definition) is 6. The molecule has 1 N–H and O–H groups in total. The first-order chi connectivity index (χ1) is 12.7. The molecule has 140 valence electrons. The fourth-order valence-corrected chi connectivity index (χ4v) is 4.13. The summed E-state index contributed by atoms with van der Waals surface area (Å²) in [6.45, 7) is 1.24. The summed E-state index contributed by atoms with van der Waals surface area (Å²) in [5, 5.41) is 3.01. The molecule has 0 fully saturated rings. The second-order valence-electron chi connectivity index (χ2n) is 5.91. The Bertz CT molecular complexity index is 1110. The maximum absolute atomic E-state index is 12.4. The van der Waals surface area contributed by atoms with Crippen LogP contribution in [0.15, 0.2) is 53.4 Å². The van der Waals surface area contributed by atoms with Crippen LogP contribution in [0.2, 0.25) is 0 Å². The molecule has 1 heterocycles. The quantitative estimate of drug-likeness (QED) is 0.707. The molecule has 0 aliphatic carbocycles. The van der Waals surface area contributed by atoms with E-state index in [1.165, 1.54) is 35.3 Å². The highest BCUT2D eigenvalue weighted by Gasteiger charge is 2.17. The Kier molecular flexibility index (Phi) is 5.24. The van der Waals surface area contributed by atoms with Gasteiger partial charge >= 0.3 is 0 Å². The molecule has 0 unspecified atom stereocenters. The maximum atomic E-state index is 12.4. The first-order valence-corrected chi connectivity index (χ1v) is 10.7. The van der Waals surface area contributed by atoms with Crippen molar-refractivity contribution in [2.45, 2.75) is 11.8 Å². The van der Waals surface area contributed by atoms with Crippen LogP contribution in [-0.4, -0.2) is 38.0 Å². The zero-order chi connectivity index (χ0) is 19.6. The molecule has 3 rings (SSSR count). The van der Waals surface area contributed by atoms with Crippen LogP contribution in [0.5, 0.6) is 0 Å². The summed E-state index contributed by atoms with van der Waals surface area (Å²) in [5.74, 6) is -0.644. The van der Waals surface area contributed by atoms with Gasteiger partial charge in [0, 0.05) is 18.9 Å². The maximum Gasteiger partial charge on any atom is 0.246 e. The van der Waals surface area contributed by atoms with Crippen LogP contribution in [0.4, 0.5) is 10.8 Å². The van der Waals surface area contributed by atoms with Crippen molar-refractivity contribution in [3.8, 4) is 0 Å². The van der Waals surface area contributed by atoms with Gasteiger partial charge in [-0.25, -0.2) is 13.4 Å². The number of para-hydroxylation sites is 1. The average molecular weight is 403 g/mol. The molecular formula is C18H17N3O4S2. The molecule has 0 aliphatic heterocycles. The number of benzene rings is 2. The Morgan fingerprint density at radius 2 is 1.85 bits per heavy atom. The Morgan fingerprint density at radius 1 is 1.15 bits per heavy atom. The van der Waals surface area contributed by atoms with Crippen LogP contribution >= 0.6 is 11.3 Å². The van der Waals surface area contributed by atoms with E-state index in [0.717, 1.165) is 6.26 Å². The van der Waals surface area contributed by atoms with E-state index in [0.29, 0.717) is 21.0 Å². The minimum absolute atomic E-state index is 0.149. The smallest absolute Gasteiger partial charge is 0.246 e. The minimum Gasteiger partial charge on any atom is -0.303 e. The van der Waals surface area contributed by atoms with E-state index in [1.54, 1.807) is 30.3 Å². The fraction of sp³-hybridized carbons (Fsp3) is 0.167. The van der Waals surface area contributed by atoms with Crippen molar-refractivity contribution in [2.75, 3.05) is 23.0 Å². The summed E-state index contributed by atoms with van der Waals surface area (Å²) in [4.78, 5) is 30.1. The molecule has 9 heteroatoms. The van der Waals surface area contributed by atoms with Crippen molar-refractivity contribution in [1.82, 2.24) is 4.98 Å². The fourth-order valence-electron chi connectivity index (χ4n) is 2.48. The molecule has 27 heavy (non-hydrogen) atoms. The summed E-state index contributed by atoms with van der Waals surface area (Å²) in [5.41, 5.74) is 1.22. The van der Waals surface area contributed by atoms with Crippen LogP contribution in [0, 0.1) is 0 Å². The molecule has 2 aromatic carbocycles. The third-order valence-electron chi connectivity index (χ3n) is 3.78. The van der Waals surface area contributed by atoms with Gasteiger partial charge < -0.3 is 10.2 Å². The predicted octanol–water partition coefficient (Wildman–Crippen LogP) is 2.69. The van der Waals surface area contributed by atoms with Crippen molar-refractivity contribution in [2.24, 2.45) is 0 Å². The molecule has 0 atom stereocenters. The van der Waals surface area contributed by atoms with E-state index in [9.17, 15) is 18.0 Å². The second-order valence-corrected chi connectivity index (χ2v) is 8.96. The number of rotatable bonds is 5. The summed E-state index contributed by atoms with van der Waals surface area (Å²) in [6, 6.07) is 13.5. The van der Waals surface area contributed by atoms with Gasteiger partial charge in [-0.05, 0) is 30.3 Å². The number of sulfone groups is 1. The van der Waals surface area contributed by atoms with Gasteiger partial charge in [0.05, 0.1) is 15.1 Å². The Labute approximate surface area is 160 Å². The monoisotopic (exact) mass is 403 g/mol. The van der Waals surface area contributed by atoms with Crippen LogP contribution in [0.3, 0.4) is 0 Å². The van der Waals surface area contributed by atoms with Crippen molar-refractivity contribution in [1.29, 1.82) is 0 Å². The highest BCUT2D eigenvalue weighted by atomic mass is 32.2. The topological polar surface area (TPSA) is 96.4 Å². The zero-order valence-electron chi connectivity index (χ0n) is 14.7. The minimum atomic E-state index is -3.32. The van der Waals surface area contributed by atoms with Crippen molar-refractivity contribution < 1.29 is 18.0 Å². The van der Waals surface area contributed by atoms with Crippen LogP contribution in [0.25, 0.3) is 10.2 Å². The highest BCUT2D eigenvalue weighted by molar-refractivity contribution is 7.90. The summed E-state index contributed by atoms with van der Waals surface area (Å²) in [7, 11) is -3.32. The molecule has 1 aromatic heterocycles. The van der Waals surface area contributed by atoms with Crippen molar-refractivity contribution in [3.05, 3.63) is 48.5 Å². The number of amides is 2. The standard InChI is InChI=1S/C18H17N3O4S2/c1-12(22)21(13-6-4-3-5-7-13)11-17(23)20-18-19-15-9-8-14(27(2,24)25)10-16(15)26-18/h3-10H,11H2,1-2H3,(H,19,20,23). The third kappa shape index (κ3) is 4.50. The lowest BCUT2D eigenvalue weighted by Gasteiger charge is -2.20. The molecule has 0 saturated heterocycles. The van der Waals surface area contributed by atoms with Gasteiger partial charge in [-0.15, -0.1) is 0 Å². The molecule has 2 amide bonds. The average Bonchev–Trinajstić information content (AvgIpc) is 3.00.